The molecule has 0 amide bonds. The Balaban J connectivity index is 1.63. The highest BCUT2D eigenvalue weighted by Crippen LogP contribution is 2.28. The van der Waals surface area contributed by atoms with Gasteiger partial charge in [0.15, 0.2) is 11.5 Å². The first kappa shape index (κ1) is 19.8. The van der Waals surface area contributed by atoms with E-state index in [1.54, 1.807) is 7.11 Å². The molecular formula is C22H29N5O2. The Bertz CT molecular complexity index is 975. The van der Waals surface area contributed by atoms with Crippen molar-refractivity contribution < 1.29 is 9.47 Å². The Morgan fingerprint density at radius 3 is 2.66 bits per heavy atom. The van der Waals surface area contributed by atoms with E-state index in [2.05, 4.69) is 40.3 Å². The number of fused-ring (bicyclic) bond motifs is 1. The van der Waals surface area contributed by atoms with Gasteiger partial charge in [-0.05, 0) is 45.7 Å². The molecule has 0 bridgehead atoms. The van der Waals surface area contributed by atoms with E-state index in [1.165, 1.54) is 0 Å². The summed E-state index contributed by atoms with van der Waals surface area (Å²) < 4.78 is 13.1. The maximum atomic E-state index is 5.51. The van der Waals surface area contributed by atoms with Gasteiger partial charge in [0.1, 0.15) is 0 Å². The standard InChI is InChI=1S/C22H29N5O2/c1-16-19(17-5-6-18(24-15-17)7-8-22(2,3)28-4)27-10-9-23-20(21(27)25-16)26-11-13-29-14-12-26/h5-6,9-10,15H,7-8,11-14H2,1-4H3. The number of aryl methyl sites for hydroxylation is 2. The molecule has 3 aromatic heterocycles. The molecule has 29 heavy (non-hydrogen) atoms. The molecule has 154 valence electrons. The maximum Gasteiger partial charge on any atom is 0.181 e. The van der Waals surface area contributed by atoms with Crippen LogP contribution < -0.4 is 4.90 Å². The van der Waals surface area contributed by atoms with Gasteiger partial charge in [-0.15, -0.1) is 0 Å². The lowest BCUT2D eigenvalue weighted by Crippen LogP contribution is -2.37. The Hall–Kier alpha value is -2.51. The molecule has 0 radical (unpaired) electrons. The summed E-state index contributed by atoms with van der Waals surface area (Å²) in [5, 5.41) is 0. The number of imidazole rings is 1. The van der Waals surface area contributed by atoms with Crippen LogP contribution in [0.25, 0.3) is 16.9 Å². The van der Waals surface area contributed by atoms with Crippen molar-refractivity contribution >= 4 is 11.5 Å². The highest BCUT2D eigenvalue weighted by molar-refractivity contribution is 5.73. The summed E-state index contributed by atoms with van der Waals surface area (Å²) in [6, 6.07) is 4.23. The largest absolute Gasteiger partial charge is 0.379 e. The van der Waals surface area contributed by atoms with Crippen LogP contribution in [0.2, 0.25) is 0 Å². The molecule has 4 rings (SSSR count). The fraction of sp³-hybridized carbons (Fsp3) is 0.500. The minimum atomic E-state index is -0.137. The molecule has 0 aliphatic carbocycles. The molecule has 0 spiro atoms. The van der Waals surface area contributed by atoms with Crippen LogP contribution in [0.15, 0.2) is 30.7 Å². The van der Waals surface area contributed by atoms with Gasteiger partial charge in [-0.2, -0.15) is 0 Å². The number of hydrogen-bond donors (Lipinski definition) is 0. The Kier molecular flexibility index (Phi) is 5.52. The van der Waals surface area contributed by atoms with Crippen LogP contribution >= 0.6 is 0 Å². The van der Waals surface area contributed by atoms with Crippen LogP contribution in [0.5, 0.6) is 0 Å². The van der Waals surface area contributed by atoms with E-state index in [4.69, 9.17) is 19.4 Å². The molecule has 7 nitrogen and oxygen atoms in total. The third kappa shape index (κ3) is 4.11. The maximum absolute atomic E-state index is 5.51. The topological polar surface area (TPSA) is 64.8 Å². The molecule has 1 saturated heterocycles. The van der Waals surface area contributed by atoms with Crippen molar-refractivity contribution in [3.8, 4) is 11.3 Å². The van der Waals surface area contributed by atoms with Gasteiger partial charge in [-0.3, -0.25) is 9.38 Å². The van der Waals surface area contributed by atoms with Gasteiger partial charge in [0.25, 0.3) is 0 Å². The molecule has 0 unspecified atom stereocenters. The smallest absolute Gasteiger partial charge is 0.181 e. The second kappa shape index (κ2) is 8.08. The molecule has 0 saturated carbocycles. The fourth-order valence-corrected chi connectivity index (χ4v) is 3.67. The van der Waals surface area contributed by atoms with Crippen molar-refractivity contribution in [1.29, 1.82) is 0 Å². The minimum Gasteiger partial charge on any atom is -0.379 e. The van der Waals surface area contributed by atoms with Crippen LogP contribution in [0.4, 0.5) is 5.82 Å². The average molecular weight is 396 g/mol. The van der Waals surface area contributed by atoms with Crippen molar-refractivity contribution in [2.24, 2.45) is 0 Å². The highest BCUT2D eigenvalue weighted by atomic mass is 16.5. The molecule has 1 fully saturated rings. The van der Waals surface area contributed by atoms with Crippen LogP contribution in [-0.4, -0.2) is 58.4 Å². The molecule has 4 heterocycles. The number of nitrogens with zero attached hydrogens (tertiary/aromatic N) is 5. The minimum absolute atomic E-state index is 0.137. The van der Waals surface area contributed by atoms with Crippen molar-refractivity contribution in [3.05, 3.63) is 42.1 Å². The second-order valence-electron chi connectivity index (χ2n) is 8.09. The zero-order valence-corrected chi connectivity index (χ0v) is 17.7. The van der Waals surface area contributed by atoms with Gasteiger partial charge in [-0.1, -0.05) is 0 Å². The predicted octanol–water partition coefficient (Wildman–Crippen LogP) is 3.29. The molecule has 0 atom stereocenters. The molecule has 0 N–H and O–H groups in total. The molecule has 0 aromatic carbocycles. The van der Waals surface area contributed by atoms with Gasteiger partial charge in [0, 0.05) is 50.0 Å². The number of ether oxygens (including phenoxy) is 2. The van der Waals surface area contributed by atoms with Crippen molar-refractivity contribution in [2.45, 2.75) is 39.2 Å². The van der Waals surface area contributed by atoms with E-state index < -0.39 is 0 Å². The van der Waals surface area contributed by atoms with E-state index in [9.17, 15) is 0 Å². The number of rotatable bonds is 6. The Morgan fingerprint density at radius 1 is 1.17 bits per heavy atom. The number of aromatic nitrogens is 4. The van der Waals surface area contributed by atoms with Crippen molar-refractivity contribution in [2.75, 3.05) is 38.3 Å². The molecular weight excluding hydrogens is 366 g/mol. The number of methoxy groups -OCH3 is 1. The lowest BCUT2D eigenvalue weighted by atomic mass is 10.0. The first-order valence-electron chi connectivity index (χ1n) is 10.2. The second-order valence-corrected chi connectivity index (χ2v) is 8.09. The molecule has 7 heteroatoms. The highest BCUT2D eigenvalue weighted by Gasteiger charge is 2.20. The third-order valence-corrected chi connectivity index (χ3v) is 5.64. The van der Waals surface area contributed by atoms with Gasteiger partial charge in [-0.25, -0.2) is 9.97 Å². The molecule has 3 aromatic rings. The summed E-state index contributed by atoms with van der Waals surface area (Å²) in [4.78, 5) is 16.4. The van der Waals surface area contributed by atoms with E-state index >= 15 is 0 Å². The first-order chi connectivity index (χ1) is 14.0. The van der Waals surface area contributed by atoms with Gasteiger partial charge in [0.05, 0.1) is 30.2 Å². The first-order valence-corrected chi connectivity index (χ1v) is 10.2. The average Bonchev–Trinajstić information content (AvgIpc) is 3.09. The lowest BCUT2D eigenvalue weighted by molar-refractivity contribution is 0.0156. The predicted molar refractivity (Wildman–Crippen MR) is 113 cm³/mol. The number of hydrogen-bond acceptors (Lipinski definition) is 6. The fourth-order valence-electron chi connectivity index (χ4n) is 3.67. The van der Waals surface area contributed by atoms with Crippen LogP contribution in [0.3, 0.4) is 0 Å². The Morgan fingerprint density at radius 2 is 1.97 bits per heavy atom. The Labute approximate surface area is 171 Å². The summed E-state index contributed by atoms with van der Waals surface area (Å²) >= 11 is 0. The third-order valence-electron chi connectivity index (χ3n) is 5.64. The van der Waals surface area contributed by atoms with Crippen LogP contribution in [0.1, 0.15) is 31.7 Å². The van der Waals surface area contributed by atoms with Gasteiger partial charge >= 0.3 is 0 Å². The quantitative estimate of drug-likeness (QED) is 0.638. The van der Waals surface area contributed by atoms with E-state index in [0.717, 1.165) is 73.3 Å². The number of morpholine rings is 1. The monoisotopic (exact) mass is 395 g/mol. The molecule has 1 aliphatic heterocycles. The van der Waals surface area contributed by atoms with Crippen LogP contribution in [-0.2, 0) is 15.9 Å². The zero-order chi connectivity index (χ0) is 20.4. The van der Waals surface area contributed by atoms with Crippen LogP contribution in [0, 0.1) is 6.92 Å². The van der Waals surface area contributed by atoms with Crippen molar-refractivity contribution in [3.63, 3.8) is 0 Å². The molecule has 1 aliphatic rings. The summed E-state index contributed by atoms with van der Waals surface area (Å²) in [6.45, 7) is 9.36. The zero-order valence-electron chi connectivity index (χ0n) is 17.7. The number of anilines is 1. The SMILES string of the molecule is COC(C)(C)CCc1ccc(-c2c(C)nc3c(N4CCOCC4)nccn23)cn1. The van der Waals surface area contributed by atoms with E-state index in [0.29, 0.717) is 0 Å². The lowest BCUT2D eigenvalue weighted by Gasteiger charge is -2.27. The summed E-state index contributed by atoms with van der Waals surface area (Å²) in [7, 11) is 1.75. The summed E-state index contributed by atoms with van der Waals surface area (Å²) in [5.41, 5.74) is 4.91. The van der Waals surface area contributed by atoms with E-state index in [-0.39, 0.29) is 5.60 Å². The van der Waals surface area contributed by atoms with Gasteiger partial charge < -0.3 is 14.4 Å². The van der Waals surface area contributed by atoms with Gasteiger partial charge in [0.2, 0.25) is 0 Å². The normalized spacial score (nSPS) is 15.2. The number of pyridine rings is 1. The van der Waals surface area contributed by atoms with Crippen molar-refractivity contribution in [1.82, 2.24) is 19.4 Å². The summed E-state index contributed by atoms with van der Waals surface area (Å²) in [6.07, 6.45) is 7.58. The summed E-state index contributed by atoms with van der Waals surface area (Å²) in [5.74, 6) is 0.913. The van der Waals surface area contributed by atoms with E-state index in [1.807, 2.05) is 25.5 Å².